The third-order valence-electron chi connectivity index (χ3n) is 2.73. The van der Waals surface area contributed by atoms with Crippen LogP contribution in [-0.4, -0.2) is 0 Å². The van der Waals surface area contributed by atoms with Gasteiger partial charge in [0.25, 0.3) is 0 Å². The highest BCUT2D eigenvalue weighted by Crippen LogP contribution is 2.27. The van der Waals surface area contributed by atoms with Gasteiger partial charge in [0.05, 0.1) is 0 Å². The summed E-state index contributed by atoms with van der Waals surface area (Å²) in [6.45, 7) is 11.2. The van der Waals surface area contributed by atoms with Crippen molar-refractivity contribution in [1.82, 2.24) is 0 Å². The third kappa shape index (κ3) is 2.17. The summed E-state index contributed by atoms with van der Waals surface area (Å²) in [4.78, 5) is 0. The number of benzene rings is 1. The molecule has 0 bridgehead atoms. The average molecular weight is 189 g/mol. The van der Waals surface area contributed by atoms with Crippen molar-refractivity contribution < 1.29 is 0 Å². The standard InChI is InChI=1S/C14H21/c1-6-12-13(10(2)3)8-7-9-14(12)11(4)5/h7-10H,6H2,1-5H3. The first-order valence-electron chi connectivity index (χ1n) is 5.50. The third-order valence-corrected chi connectivity index (χ3v) is 2.73. The van der Waals surface area contributed by atoms with Gasteiger partial charge in [0.15, 0.2) is 0 Å². The molecule has 1 aromatic carbocycles. The minimum atomic E-state index is 0.629. The van der Waals surface area contributed by atoms with Gasteiger partial charge in [-0.1, -0.05) is 52.8 Å². The van der Waals surface area contributed by atoms with Gasteiger partial charge in [-0.15, -0.1) is 0 Å². The zero-order valence-electron chi connectivity index (χ0n) is 10.0. The topological polar surface area (TPSA) is 0 Å². The highest BCUT2D eigenvalue weighted by atomic mass is 14.2. The Morgan fingerprint density at radius 2 is 1.86 bits per heavy atom. The predicted octanol–water partition coefficient (Wildman–Crippen LogP) is 4.33. The monoisotopic (exact) mass is 189 g/mol. The van der Waals surface area contributed by atoms with Crippen molar-refractivity contribution in [2.75, 3.05) is 0 Å². The molecule has 0 aliphatic carbocycles. The van der Waals surface area contributed by atoms with Gasteiger partial charge in [-0.3, -0.25) is 0 Å². The molecule has 0 saturated heterocycles. The van der Waals surface area contributed by atoms with Crippen molar-refractivity contribution in [3.63, 3.8) is 0 Å². The van der Waals surface area contributed by atoms with Gasteiger partial charge in [0.2, 0.25) is 0 Å². The van der Waals surface area contributed by atoms with E-state index < -0.39 is 0 Å². The second-order valence-corrected chi connectivity index (χ2v) is 4.38. The molecule has 1 aromatic rings. The Morgan fingerprint density at radius 1 is 1.21 bits per heavy atom. The normalized spacial score (nSPS) is 11.4. The molecule has 0 unspecified atom stereocenters. The van der Waals surface area contributed by atoms with Gasteiger partial charge < -0.3 is 0 Å². The lowest BCUT2D eigenvalue weighted by atomic mass is 9.87. The van der Waals surface area contributed by atoms with Crippen LogP contribution in [0.2, 0.25) is 0 Å². The summed E-state index contributed by atoms with van der Waals surface area (Å²) in [5, 5.41) is 0. The highest BCUT2D eigenvalue weighted by Gasteiger charge is 2.11. The first-order chi connectivity index (χ1) is 6.57. The summed E-state index contributed by atoms with van der Waals surface area (Å²) in [6.07, 6.45) is 1.13. The zero-order chi connectivity index (χ0) is 10.7. The molecule has 1 radical (unpaired) electrons. The Labute approximate surface area is 88.4 Å². The van der Waals surface area contributed by atoms with Gasteiger partial charge in [-0.25, -0.2) is 0 Å². The molecule has 0 atom stereocenters. The maximum Gasteiger partial charge on any atom is -0.000912 e. The molecule has 0 N–H and O–H groups in total. The molecule has 0 saturated carbocycles. The van der Waals surface area contributed by atoms with Gasteiger partial charge in [-0.05, 0) is 34.9 Å². The van der Waals surface area contributed by atoms with Crippen LogP contribution in [0.3, 0.4) is 0 Å². The summed E-state index contributed by atoms with van der Waals surface area (Å²) in [7, 11) is 0. The van der Waals surface area contributed by atoms with Gasteiger partial charge >= 0.3 is 0 Å². The van der Waals surface area contributed by atoms with Crippen LogP contribution in [0.5, 0.6) is 0 Å². The molecule has 0 aliphatic heterocycles. The van der Waals surface area contributed by atoms with Gasteiger partial charge in [0, 0.05) is 0 Å². The molecule has 0 aromatic heterocycles. The van der Waals surface area contributed by atoms with Crippen LogP contribution >= 0.6 is 0 Å². The van der Waals surface area contributed by atoms with Crippen molar-refractivity contribution in [3.05, 3.63) is 40.8 Å². The van der Waals surface area contributed by atoms with Crippen LogP contribution in [0.25, 0.3) is 0 Å². The van der Waals surface area contributed by atoms with Crippen LogP contribution in [0.15, 0.2) is 18.2 Å². The van der Waals surface area contributed by atoms with Crippen molar-refractivity contribution in [2.45, 2.75) is 47.0 Å². The van der Waals surface area contributed by atoms with E-state index in [0.29, 0.717) is 5.92 Å². The van der Waals surface area contributed by atoms with Crippen LogP contribution in [0.4, 0.5) is 0 Å². The Balaban J connectivity index is 3.25. The van der Waals surface area contributed by atoms with E-state index in [4.69, 9.17) is 0 Å². The molecule has 0 heteroatoms. The Hall–Kier alpha value is -0.780. The van der Waals surface area contributed by atoms with E-state index in [9.17, 15) is 0 Å². The number of hydrogen-bond donors (Lipinski definition) is 0. The summed E-state index contributed by atoms with van der Waals surface area (Å²) in [5.41, 5.74) is 4.48. The molecule has 14 heavy (non-hydrogen) atoms. The zero-order valence-corrected chi connectivity index (χ0v) is 10.0. The minimum Gasteiger partial charge on any atom is -0.0617 e. The smallest absolute Gasteiger partial charge is 0.000912 e. The second-order valence-electron chi connectivity index (χ2n) is 4.38. The van der Waals surface area contributed by atoms with E-state index in [1.807, 2.05) is 0 Å². The quantitative estimate of drug-likeness (QED) is 0.663. The summed E-state index contributed by atoms with van der Waals surface area (Å²) < 4.78 is 0. The fraction of sp³-hybridized carbons (Fsp3) is 0.500. The van der Waals surface area contributed by atoms with E-state index in [1.54, 1.807) is 0 Å². The lowest BCUT2D eigenvalue weighted by Gasteiger charge is -2.17. The van der Waals surface area contributed by atoms with Crippen LogP contribution in [0.1, 0.15) is 57.2 Å². The van der Waals surface area contributed by atoms with Crippen LogP contribution in [0, 0.1) is 5.92 Å². The Kier molecular flexibility index (Phi) is 3.74. The largest absolute Gasteiger partial charge is 0.0617 e. The molecule has 0 spiro atoms. The molecule has 0 aliphatic rings. The fourth-order valence-corrected chi connectivity index (χ4v) is 2.01. The SMILES string of the molecule is CCc1c([C](C)C)cccc1C(C)C. The van der Waals surface area contributed by atoms with E-state index in [-0.39, 0.29) is 0 Å². The fourth-order valence-electron chi connectivity index (χ4n) is 2.01. The van der Waals surface area contributed by atoms with Crippen molar-refractivity contribution in [1.29, 1.82) is 0 Å². The minimum absolute atomic E-state index is 0.629. The lowest BCUT2D eigenvalue weighted by Crippen LogP contribution is -2.02. The molecule has 0 fully saturated rings. The highest BCUT2D eigenvalue weighted by molar-refractivity contribution is 5.43. The van der Waals surface area contributed by atoms with Gasteiger partial charge in [-0.2, -0.15) is 0 Å². The Morgan fingerprint density at radius 3 is 2.29 bits per heavy atom. The second kappa shape index (κ2) is 4.63. The molecular formula is C14H21. The summed E-state index contributed by atoms with van der Waals surface area (Å²) >= 11 is 0. The summed E-state index contributed by atoms with van der Waals surface area (Å²) in [6, 6.07) is 6.67. The lowest BCUT2D eigenvalue weighted by molar-refractivity contribution is 0.837. The Bertz CT molecular complexity index is 269. The number of hydrogen-bond acceptors (Lipinski definition) is 0. The van der Waals surface area contributed by atoms with E-state index in [0.717, 1.165) is 6.42 Å². The van der Waals surface area contributed by atoms with E-state index in [2.05, 4.69) is 52.8 Å². The molecule has 1 rings (SSSR count). The molecule has 77 valence electrons. The molecule has 0 nitrogen and oxygen atoms in total. The van der Waals surface area contributed by atoms with Crippen molar-refractivity contribution in [2.24, 2.45) is 0 Å². The van der Waals surface area contributed by atoms with Crippen molar-refractivity contribution in [3.8, 4) is 0 Å². The first kappa shape index (κ1) is 11.3. The molecule has 0 amide bonds. The number of rotatable bonds is 3. The molecular weight excluding hydrogens is 168 g/mol. The van der Waals surface area contributed by atoms with E-state index >= 15 is 0 Å². The van der Waals surface area contributed by atoms with E-state index in [1.165, 1.54) is 22.6 Å². The van der Waals surface area contributed by atoms with Crippen LogP contribution < -0.4 is 0 Å². The predicted molar refractivity (Wildman–Crippen MR) is 63.6 cm³/mol. The van der Waals surface area contributed by atoms with Gasteiger partial charge in [0.1, 0.15) is 0 Å². The summed E-state index contributed by atoms with van der Waals surface area (Å²) in [5.74, 6) is 2.05. The van der Waals surface area contributed by atoms with Crippen molar-refractivity contribution >= 4 is 0 Å². The van der Waals surface area contributed by atoms with Crippen LogP contribution in [-0.2, 0) is 6.42 Å². The maximum atomic E-state index is 2.27. The maximum absolute atomic E-state index is 2.27. The average Bonchev–Trinajstić information content (AvgIpc) is 2.16. The molecule has 0 heterocycles. The first-order valence-corrected chi connectivity index (χ1v) is 5.50.